The van der Waals surface area contributed by atoms with E-state index in [1.807, 2.05) is 11.0 Å². The van der Waals surface area contributed by atoms with E-state index in [-0.39, 0.29) is 5.83 Å². The minimum absolute atomic E-state index is 0.106. The maximum Gasteiger partial charge on any atom is 0.140 e. The van der Waals surface area contributed by atoms with Crippen LogP contribution in [0.4, 0.5) is 10.1 Å². The fourth-order valence-corrected chi connectivity index (χ4v) is 1.56. The normalized spacial score (nSPS) is 15.7. The molecule has 4 heteroatoms. The Morgan fingerprint density at radius 1 is 1.47 bits per heavy atom. The van der Waals surface area contributed by atoms with Gasteiger partial charge in [0.05, 0.1) is 18.4 Å². The first-order valence-electron chi connectivity index (χ1n) is 4.75. The van der Waals surface area contributed by atoms with Crippen LogP contribution < -0.4 is 4.90 Å². The van der Waals surface area contributed by atoms with Gasteiger partial charge < -0.3 is 4.90 Å². The van der Waals surface area contributed by atoms with Crippen LogP contribution in [0.25, 0.3) is 0 Å². The third-order valence-corrected chi connectivity index (χ3v) is 2.33. The first kappa shape index (κ1) is 9.66. The van der Waals surface area contributed by atoms with E-state index in [1.54, 1.807) is 24.4 Å². The highest BCUT2D eigenvalue weighted by Crippen LogP contribution is 2.19. The fourth-order valence-electron chi connectivity index (χ4n) is 1.56. The molecule has 15 heavy (non-hydrogen) atoms. The van der Waals surface area contributed by atoms with E-state index in [0.29, 0.717) is 18.7 Å². The second-order valence-electron chi connectivity index (χ2n) is 3.37. The summed E-state index contributed by atoms with van der Waals surface area (Å²) in [4.78, 5) is 5.86. The summed E-state index contributed by atoms with van der Waals surface area (Å²) in [7, 11) is 0. The zero-order valence-corrected chi connectivity index (χ0v) is 8.15. The molecule has 1 aromatic heterocycles. The first-order valence-corrected chi connectivity index (χ1v) is 4.75. The van der Waals surface area contributed by atoms with Crippen LogP contribution in [-0.4, -0.2) is 18.1 Å². The number of pyridine rings is 1. The Bertz CT molecular complexity index is 416. The largest absolute Gasteiger partial charge is 0.363 e. The molecule has 0 spiro atoms. The number of hydrogen-bond acceptors (Lipinski definition) is 3. The molecule has 2 heterocycles. The lowest BCUT2D eigenvalue weighted by molar-refractivity contribution is 0.575. The highest BCUT2D eigenvalue weighted by Gasteiger charge is 2.12. The van der Waals surface area contributed by atoms with Gasteiger partial charge >= 0.3 is 0 Å². The smallest absolute Gasteiger partial charge is 0.140 e. The van der Waals surface area contributed by atoms with Crippen LogP contribution in [0.5, 0.6) is 0 Å². The zero-order valence-electron chi connectivity index (χ0n) is 8.15. The molecular formula is C11H10FN3. The Morgan fingerprint density at radius 3 is 2.93 bits per heavy atom. The highest BCUT2D eigenvalue weighted by atomic mass is 19.1. The summed E-state index contributed by atoms with van der Waals surface area (Å²) in [6.07, 6.45) is 3.93. The summed E-state index contributed by atoms with van der Waals surface area (Å²) >= 11 is 0. The van der Waals surface area contributed by atoms with Crippen molar-refractivity contribution in [3.63, 3.8) is 0 Å². The van der Waals surface area contributed by atoms with Crippen molar-refractivity contribution in [3.8, 4) is 6.07 Å². The van der Waals surface area contributed by atoms with E-state index in [2.05, 4.69) is 4.98 Å². The van der Waals surface area contributed by atoms with Crippen LogP contribution >= 0.6 is 0 Å². The van der Waals surface area contributed by atoms with Crippen molar-refractivity contribution in [2.75, 3.05) is 18.0 Å². The number of anilines is 1. The quantitative estimate of drug-likeness (QED) is 0.701. The topological polar surface area (TPSA) is 39.9 Å². The summed E-state index contributed by atoms with van der Waals surface area (Å²) in [6.45, 7) is 1.09. The molecule has 0 atom stereocenters. The van der Waals surface area contributed by atoms with Crippen LogP contribution in [0.15, 0.2) is 30.2 Å². The van der Waals surface area contributed by atoms with Gasteiger partial charge in [0.2, 0.25) is 0 Å². The molecule has 1 aliphatic rings. The average Bonchev–Trinajstić information content (AvgIpc) is 2.29. The molecule has 1 aromatic rings. The zero-order chi connectivity index (χ0) is 10.7. The number of nitrogens with zero attached hydrogens (tertiary/aromatic N) is 3. The Kier molecular flexibility index (Phi) is 2.64. The highest BCUT2D eigenvalue weighted by molar-refractivity contribution is 5.47. The SMILES string of the molecule is N#Cc1ccc(N2CCC=C(F)C2)cn1. The Morgan fingerprint density at radius 2 is 2.33 bits per heavy atom. The third-order valence-electron chi connectivity index (χ3n) is 2.33. The van der Waals surface area contributed by atoms with E-state index in [0.717, 1.165) is 12.2 Å². The number of hydrogen-bond donors (Lipinski definition) is 0. The predicted molar refractivity (Wildman–Crippen MR) is 55.0 cm³/mol. The van der Waals surface area contributed by atoms with Crippen molar-refractivity contribution in [1.29, 1.82) is 5.26 Å². The number of aromatic nitrogens is 1. The monoisotopic (exact) mass is 203 g/mol. The Labute approximate surface area is 87.5 Å². The lowest BCUT2D eigenvalue weighted by atomic mass is 10.2. The summed E-state index contributed by atoms with van der Waals surface area (Å²) < 4.78 is 13.0. The van der Waals surface area contributed by atoms with Crippen LogP contribution in [0.1, 0.15) is 12.1 Å². The molecule has 0 aliphatic carbocycles. The second-order valence-corrected chi connectivity index (χ2v) is 3.37. The molecule has 0 fully saturated rings. The lowest BCUT2D eigenvalue weighted by Gasteiger charge is -2.26. The predicted octanol–water partition coefficient (Wildman–Crippen LogP) is 2.02. The summed E-state index contributed by atoms with van der Waals surface area (Å²) in [5, 5.41) is 8.59. The summed E-state index contributed by atoms with van der Waals surface area (Å²) in [6, 6.07) is 5.39. The number of halogens is 1. The Balaban J connectivity index is 2.17. The van der Waals surface area contributed by atoms with Crippen LogP contribution in [0.2, 0.25) is 0 Å². The van der Waals surface area contributed by atoms with E-state index in [9.17, 15) is 4.39 Å². The molecule has 0 radical (unpaired) electrons. The molecule has 2 rings (SSSR count). The molecule has 0 amide bonds. The van der Waals surface area contributed by atoms with Gasteiger partial charge in [0.25, 0.3) is 0 Å². The molecule has 0 saturated carbocycles. The third kappa shape index (κ3) is 2.13. The number of nitriles is 1. The van der Waals surface area contributed by atoms with Gasteiger partial charge in [-0.2, -0.15) is 5.26 Å². The second kappa shape index (κ2) is 4.09. The molecule has 0 unspecified atom stereocenters. The van der Waals surface area contributed by atoms with Gasteiger partial charge in [-0.05, 0) is 24.6 Å². The van der Waals surface area contributed by atoms with Crippen molar-refractivity contribution in [2.45, 2.75) is 6.42 Å². The van der Waals surface area contributed by atoms with E-state index >= 15 is 0 Å². The van der Waals surface area contributed by atoms with Crippen molar-refractivity contribution in [3.05, 3.63) is 35.9 Å². The standard InChI is InChI=1S/C11H10FN3/c12-9-2-1-5-15(8-9)11-4-3-10(6-13)14-7-11/h2-4,7H,1,5,8H2. The first-order chi connectivity index (χ1) is 7.29. The Hall–Kier alpha value is -1.89. The van der Waals surface area contributed by atoms with Crippen LogP contribution in [0.3, 0.4) is 0 Å². The van der Waals surface area contributed by atoms with Crippen LogP contribution in [-0.2, 0) is 0 Å². The molecule has 0 saturated heterocycles. The minimum Gasteiger partial charge on any atom is -0.363 e. The molecule has 0 bridgehead atoms. The summed E-state index contributed by atoms with van der Waals surface area (Å²) in [5.74, 6) is -0.106. The number of rotatable bonds is 1. The molecule has 0 N–H and O–H groups in total. The van der Waals surface area contributed by atoms with Crippen molar-refractivity contribution < 1.29 is 4.39 Å². The van der Waals surface area contributed by atoms with Gasteiger partial charge in [-0.1, -0.05) is 0 Å². The summed E-state index contributed by atoms with van der Waals surface area (Å²) in [5.41, 5.74) is 1.24. The average molecular weight is 203 g/mol. The molecule has 0 aromatic carbocycles. The van der Waals surface area contributed by atoms with Crippen molar-refractivity contribution >= 4 is 5.69 Å². The van der Waals surface area contributed by atoms with Gasteiger partial charge in [-0.25, -0.2) is 9.37 Å². The molecule has 76 valence electrons. The van der Waals surface area contributed by atoms with E-state index in [4.69, 9.17) is 5.26 Å². The molecule has 1 aliphatic heterocycles. The van der Waals surface area contributed by atoms with E-state index < -0.39 is 0 Å². The van der Waals surface area contributed by atoms with Gasteiger partial charge in [0.15, 0.2) is 0 Å². The lowest BCUT2D eigenvalue weighted by Crippen LogP contribution is -2.28. The van der Waals surface area contributed by atoms with Crippen LogP contribution in [0, 0.1) is 11.3 Å². The van der Waals surface area contributed by atoms with Crippen molar-refractivity contribution in [2.24, 2.45) is 0 Å². The van der Waals surface area contributed by atoms with Gasteiger partial charge in [0.1, 0.15) is 17.6 Å². The molecule has 3 nitrogen and oxygen atoms in total. The minimum atomic E-state index is -0.106. The molecular weight excluding hydrogens is 193 g/mol. The van der Waals surface area contributed by atoms with Gasteiger partial charge in [-0.15, -0.1) is 0 Å². The fraction of sp³-hybridized carbons (Fsp3) is 0.273. The van der Waals surface area contributed by atoms with Gasteiger partial charge in [0, 0.05) is 6.54 Å². The van der Waals surface area contributed by atoms with Crippen molar-refractivity contribution in [1.82, 2.24) is 4.98 Å². The maximum absolute atomic E-state index is 13.0. The van der Waals surface area contributed by atoms with Gasteiger partial charge in [-0.3, -0.25) is 0 Å². The maximum atomic E-state index is 13.0. The van der Waals surface area contributed by atoms with E-state index in [1.165, 1.54) is 0 Å².